The molecule has 8 unspecified atom stereocenters. The summed E-state index contributed by atoms with van der Waals surface area (Å²) in [6, 6.07) is 0.650. The SMILES string of the molecule is CC(O)C1NC(=O)C(CO)NC(=O)C(CO)NC(=O)CC(c2ccccc2)NC(=O)C(C(Cl)C(O)CN)NC1=O. The number of alkyl halides is 1. The van der Waals surface area contributed by atoms with Crippen LogP contribution in [0.25, 0.3) is 0 Å². The molecule has 1 aliphatic rings. The fourth-order valence-electron chi connectivity index (χ4n) is 3.84. The van der Waals surface area contributed by atoms with E-state index in [1.807, 2.05) is 0 Å². The van der Waals surface area contributed by atoms with Crippen LogP contribution in [0.1, 0.15) is 24.9 Å². The monoisotopic (exact) mass is 586 g/mol. The van der Waals surface area contributed by atoms with Gasteiger partial charge in [-0.3, -0.25) is 24.0 Å². The molecule has 0 radical (unpaired) electrons. The Hall–Kier alpha value is -3.34. The molecule has 40 heavy (non-hydrogen) atoms. The van der Waals surface area contributed by atoms with Crippen LogP contribution in [0.2, 0.25) is 0 Å². The normalized spacial score (nSPS) is 27.8. The van der Waals surface area contributed by atoms with Crippen LogP contribution in [0.15, 0.2) is 30.3 Å². The second-order valence-electron chi connectivity index (χ2n) is 9.18. The highest BCUT2D eigenvalue weighted by atomic mass is 35.5. The molecule has 0 aromatic heterocycles. The molecule has 5 amide bonds. The fraction of sp³-hybridized carbons (Fsp3) is 0.542. The summed E-state index contributed by atoms with van der Waals surface area (Å²) in [5.41, 5.74) is 5.95. The maximum atomic E-state index is 13.4. The van der Waals surface area contributed by atoms with Gasteiger partial charge in [0.2, 0.25) is 29.5 Å². The van der Waals surface area contributed by atoms with Crippen LogP contribution in [-0.4, -0.2) is 111 Å². The Morgan fingerprint density at radius 1 is 0.825 bits per heavy atom. The molecule has 8 atom stereocenters. The molecular formula is C24H35ClN6O9. The molecule has 2 rings (SSSR count). The summed E-state index contributed by atoms with van der Waals surface area (Å²) in [4.78, 5) is 64.9. The van der Waals surface area contributed by atoms with E-state index < -0.39 is 97.0 Å². The van der Waals surface area contributed by atoms with Gasteiger partial charge in [-0.15, -0.1) is 11.6 Å². The predicted molar refractivity (Wildman–Crippen MR) is 140 cm³/mol. The fourth-order valence-corrected chi connectivity index (χ4v) is 4.12. The Morgan fingerprint density at radius 3 is 1.90 bits per heavy atom. The van der Waals surface area contributed by atoms with Gasteiger partial charge in [0.05, 0.1) is 43.3 Å². The minimum atomic E-state index is -1.70. The Kier molecular flexibility index (Phi) is 12.7. The van der Waals surface area contributed by atoms with Gasteiger partial charge in [-0.05, 0) is 12.5 Å². The van der Waals surface area contributed by atoms with E-state index in [0.717, 1.165) is 0 Å². The summed E-state index contributed by atoms with van der Waals surface area (Å²) in [7, 11) is 0. The predicted octanol–water partition coefficient (Wildman–Crippen LogP) is -4.52. The molecule has 1 aromatic rings. The molecule has 1 saturated heterocycles. The zero-order chi connectivity index (χ0) is 30.0. The topological polar surface area (TPSA) is 252 Å². The number of aliphatic hydroxyl groups is 4. The van der Waals surface area contributed by atoms with Crippen LogP contribution < -0.4 is 32.3 Å². The number of hydrogen-bond acceptors (Lipinski definition) is 10. The second-order valence-corrected chi connectivity index (χ2v) is 9.69. The van der Waals surface area contributed by atoms with Crippen molar-refractivity contribution in [3.8, 4) is 0 Å². The van der Waals surface area contributed by atoms with E-state index in [2.05, 4.69) is 26.6 Å². The summed E-state index contributed by atoms with van der Waals surface area (Å²) in [6.07, 6.45) is -3.44. The highest BCUT2D eigenvalue weighted by molar-refractivity contribution is 6.23. The quantitative estimate of drug-likeness (QED) is 0.137. The number of benzene rings is 1. The van der Waals surface area contributed by atoms with Crippen molar-refractivity contribution in [2.75, 3.05) is 19.8 Å². The van der Waals surface area contributed by atoms with Crippen LogP contribution in [0.4, 0.5) is 0 Å². The zero-order valence-corrected chi connectivity index (χ0v) is 22.4. The lowest BCUT2D eigenvalue weighted by Gasteiger charge is -2.31. The minimum Gasteiger partial charge on any atom is -0.394 e. The van der Waals surface area contributed by atoms with Crippen LogP contribution >= 0.6 is 11.6 Å². The number of hydrogen-bond donors (Lipinski definition) is 10. The van der Waals surface area contributed by atoms with Gasteiger partial charge in [0.25, 0.3) is 0 Å². The molecule has 0 saturated carbocycles. The van der Waals surface area contributed by atoms with Crippen molar-refractivity contribution >= 4 is 41.1 Å². The molecule has 0 bridgehead atoms. The first-order chi connectivity index (χ1) is 18.9. The highest BCUT2D eigenvalue weighted by Crippen LogP contribution is 2.19. The average Bonchev–Trinajstić information content (AvgIpc) is 2.94. The van der Waals surface area contributed by atoms with Crippen molar-refractivity contribution in [3.05, 3.63) is 35.9 Å². The number of nitrogens with one attached hydrogen (secondary N) is 5. The van der Waals surface area contributed by atoms with E-state index >= 15 is 0 Å². The van der Waals surface area contributed by atoms with Crippen molar-refractivity contribution in [1.29, 1.82) is 0 Å². The summed E-state index contributed by atoms with van der Waals surface area (Å²) >= 11 is 6.30. The molecule has 16 heteroatoms. The first-order valence-corrected chi connectivity index (χ1v) is 12.8. The lowest BCUT2D eigenvalue weighted by molar-refractivity contribution is -0.137. The third-order valence-electron chi connectivity index (χ3n) is 6.13. The van der Waals surface area contributed by atoms with Gasteiger partial charge in [-0.25, -0.2) is 0 Å². The Bertz CT molecular complexity index is 1050. The van der Waals surface area contributed by atoms with E-state index in [0.29, 0.717) is 5.56 Å². The van der Waals surface area contributed by atoms with Crippen molar-refractivity contribution < 1.29 is 44.4 Å². The number of aliphatic hydroxyl groups excluding tert-OH is 4. The Morgan fingerprint density at radius 2 is 1.35 bits per heavy atom. The number of halogens is 1. The molecular weight excluding hydrogens is 552 g/mol. The molecule has 1 fully saturated rings. The molecule has 1 heterocycles. The van der Waals surface area contributed by atoms with Crippen molar-refractivity contribution in [2.24, 2.45) is 5.73 Å². The first-order valence-electron chi connectivity index (χ1n) is 12.4. The van der Waals surface area contributed by atoms with Gasteiger partial charge in [-0.2, -0.15) is 0 Å². The second kappa shape index (κ2) is 15.4. The van der Waals surface area contributed by atoms with Crippen LogP contribution in [0.3, 0.4) is 0 Å². The van der Waals surface area contributed by atoms with Gasteiger partial charge in [0.1, 0.15) is 24.2 Å². The third-order valence-corrected chi connectivity index (χ3v) is 6.67. The van der Waals surface area contributed by atoms with E-state index in [1.165, 1.54) is 6.92 Å². The van der Waals surface area contributed by atoms with Gasteiger partial charge >= 0.3 is 0 Å². The van der Waals surface area contributed by atoms with Crippen molar-refractivity contribution in [3.63, 3.8) is 0 Å². The van der Waals surface area contributed by atoms with Gasteiger partial charge in [0.15, 0.2) is 0 Å². The first kappa shape index (κ1) is 32.9. The maximum absolute atomic E-state index is 13.4. The van der Waals surface area contributed by atoms with E-state index in [9.17, 15) is 44.4 Å². The molecule has 1 aliphatic heterocycles. The molecule has 0 spiro atoms. The largest absolute Gasteiger partial charge is 0.394 e. The van der Waals surface area contributed by atoms with Gasteiger partial charge < -0.3 is 52.7 Å². The van der Waals surface area contributed by atoms with E-state index in [4.69, 9.17) is 17.3 Å². The number of carbonyl (C=O) groups excluding carboxylic acids is 5. The standard InChI is InChI=1S/C24H35ClN6O9/c1-11(34)19-23(39)31-20(18(25)16(35)8-26)24(40)28-13(12-5-3-2-4-6-12)7-17(36)27-14(9-32)21(37)29-15(10-33)22(38)30-19/h2-6,11,13-16,18-20,32-35H,7-10,26H2,1H3,(H,27,36)(H,28,40)(H,29,37)(H,30,38)(H,31,39). The summed E-state index contributed by atoms with van der Waals surface area (Å²) < 4.78 is 0. The Labute approximate surface area is 234 Å². The summed E-state index contributed by atoms with van der Waals surface area (Å²) in [6.45, 7) is -1.02. The third kappa shape index (κ3) is 8.84. The molecule has 0 aliphatic carbocycles. The Balaban J connectivity index is 2.56. The average molecular weight is 587 g/mol. The van der Waals surface area contributed by atoms with Crippen LogP contribution in [0.5, 0.6) is 0 Å². The summed E-state index contributed by atoms with van der Waals surface area (Å²) in [5, 5.41) is 49.9. The van der Waals surface area contributed by atoms with E-state index in [1.54, 1.807) is 30.3 Å². The van der Waals surface area contributed by atoms with Gasteiger partial charge in [0, 0.05) is 6.54 Å². The number of nitrogens with two attached hydrogens (primary N) is 1. The maximum Gasteiger partial charge on any atom is 0.245 e. The summed E-state index contributed by atoms with van der Waals surface area (Å²) in [5.74, 6) is -4.91. The minimum absolute atomic E-state index is 0.380. The smallest absolute Gasteiger partial charge is 0.245 e. The molecule has 11 N–H and O–H groups in total. The zero-order valence-electron chi connectivity index (χ0n) is 21.6. The molecule has 222 valence electrons. The lowest BCUT2D eigenvalue weighted by atomic mass is 10.0. The van der Waals surface area contributed by atoms with Crippen LogP contribution in [-0.2, 0) is 24.0 Å². The van der Waals surface area contributed by atoms with Crippen molar-refractivity contribution in [1.82, 2.24) is 26.6 Å². The van der Waals surface area contributed by atoms with E-state index in [-0.39, 0.29) is 6.54 Å². The highest BCUT2D eigenvalue weighted by Gasteiger charge is 2.38. The lowest BCUT2D eigenvalue weighted by Crippen LogP contribution is -2.63. The van der Waals surface area contributed by atoms with Crippen molar-refractivity contribution in [2.45, 2.75) is 61.1 Å². The number of carbonyl (C=O) groups is 5. The number of amides is 5. The number of rotatable bonds is 7. The molecule has 15 nitrogen and oxygen atoms in total. The van der Waals surface area contributed by atoms with Crippen LogP contribution in [0, 0.1) is 0 Å². The molecule has 1 aromatic carbocycles. The van der Waals surface area contributed by atoms with Gasteiger partial charge in [-0.1, -0.05) is 30.3 Å².